The molecule has 0 atom stereocenters. The van der Waals surface area contributed by atoms with Gasteiger partial charge in [-0.1, -0.05) is 12.1 Å². The average molecular weight is 377 g/mol. The van der Waals surface area contributed by atoms with Gasteiger partial charge in [-0.3, -0.25) is 9.59 Å². The molecule has 0 heterocycles. The molecule has 1 rings (SSSR count). The highest BCUT2D eigenvalue weighted by Gasteiger charge is 2.16. The van der Waals surface area contributed by atoms with Crippen molar-refractivity contribution in [3.8, 4) is 0 Å². The van der Waals surface area contributed by atoms with Crippen molar-refractivity contribution in [2.24, 2.45) is 0 Å². The topological polar surface area (TPSA) is 114 Å². The average Bonchev–Trinajstić information content (AvgIpc) is 2.53. The van der Waals surface area contributed by atoms with Crippen molar-refractivity contribution < 1.29 is 23.9 Å². The van der Waals surface area contributed by atoms with Crippen LogP contribution in [0.1, 0.15) is 47.0 Å². The summed E-state index contributed by atoms with van der Waals surface area (Å²) in [6, 6.07) is 6.75. The number of hydrogen-bond acceptors (Lipinski definition) is 5. The van der Waals surface area contributed by atoms with Gasteiger partial charge in [-0.15, -0.1) is 0 Å². The van der Waals surface area contributed by atoms with Crippen molar-refractivity contribution in [2.45, 2.75) is 52.6 Å². The van der Waals surface area contributed by atoms with E-state index in [1.54, 1.807) is 45.0 Å². The fourth-order valence-corrected chi connectivity index (χ4v) is 2.01. The van der Waals surface area contributed by atoms with E-state index in [-0.39, 0.29) is 43.4 Å². The summed E-state index contributed by atoms with van der Waals surface area (Å²) in [5, 5.41) is 7.87. The minimum Gasteiger partial charge on any atom is -0.444 e. The van der Waals surface area contributed by atoms with Gasteiger partial charge in [-0.2, -0.15) is 0 Å². The molecule has 3 amide bonds. The minimum absolute atomic E-state index is 0.0475. The van der Waals surface area contributed by atoms with Crippen LogP contribution in [0.2, 0.25) is 0 Å². The second-order valence-electron chi connectivity index (χ2n) is 7.02. The van der Waals surface area contributed by atoms with Crippen molar-refractivity contribution in [3.05, 3.63) is 24.3 Å². The zero-order valence-corrected chi connectivity index (χ0v) is 16.2. The first kappa shape index (κ1) is 22.1. The largest absolute Gasteiger partial charge is 0.444 e. The van der Waals surface area contributed by atoms with Crippen LogP contribution in [0.25, 0.3) is 0 Å². The molecule has 1 aromatic rings. The summed E-state index contributed by atoms with van der Waals surface area (Å²) >= 11 is 0. The third-order valence-electron chi connectivity index (χ3n) is 3.20. The maximum atomic E-state index is 12.1. The van der Waals surface area contributed by atoms with Crippen molar-refractivity contribution in [2.75, 3.05) is 17.2 Å². The molecule has 0 saturated carbocycles. The van der Waals surface area contributed by atoms with Gasteiger partial charge in [0, 0.05) is 25.8 Å². The van der Waals surface area contributed by atoms with E-state index in [2.05, 4.69) is 16.0 Å². The Balaban J connectivity index is 2.51. The van der Waals surface area contributed by atoms with Gasteiger partial charge in [0.05, 0.1) is 11.4 Å². The Labute approximate surface area is 159 Å². The molecule has 8 heteroatoms. The van der Waals surface area contributed by atoms with Crippen LogP contribution in [-0.2, 0) is 19.1 Å². The first-order valence-corrected chi connectivity index (χ1v) is 8.72. The van der Waals surface area contributed by atoms with Gasteiger partial charge in [0.1, 0.15) is 11.4 Å². The summed E-state index contributed by atoms with van der Waals surface area (Å²) in [5.74, 6) is -0.695. The lowest BCUT2D eigenvalue weighted by Crippen LogP contribution is -2.34. The molecule has 0 aliphatic rings. The summed E-state index contributed by atoms with van der Waals surface area (Å²) in [4.78, 5) is 46.5. The van der Waals surface area contributed by atoms with Gasteiger partial charge in [0.15, 0.2) is 0 Å². The van der Waals surface area contributed by atoms with Crippen LogP contribution in [0.5, 0.6) is 0 Å². The number of anilines is 2. The Bertz CT molecular complexity index is 695. The van der Waals surface area contributed by atoms with E-state index in [1.165, 1.54) is 6.92 Å². The van der Waals surface area contributed by atoms with Crippen molar-refractivity contribution >= 4 is 35.1 Å². The highest BCUT2D eigenvalue weighted by molar-refractivity contribution is 6.00. The third-order valence-corrected chi connectivity index (χ3v) is 3.20. The quantitative estimate of drug-likeness (QED) is 0.645. The molecular formula is C19H27N3O5. The maximum absolute atomic E-state index is 12.1. The number of alkyl carbamates (subject to hydrolysis) is 1. The Morgan fingerprint density at radius 3 is 1.89 bits per heavy atom. The lowest BCUT2D eigenvalue weighted by Gasteiger charge is -2.19. The molecule has 0 fully saturated rings. The Morgan fingerprint density at radius 1 is 0.889 bits per heavy atom. The lowest BCUT2D eigenvalue weighted by atomic mass is 10.2. The zero-order valence-electron chi connectivity index (χ0n) is 16.2. The molecule has 0 aromatic heterocycles. The van der Waals surface area contributed by atoms with E-state index >= 15 is 0 Å². The van der Waals surface area contributed by atoms with Crippen molar-refractivity contribution in [3.63, 3.8) is 0 Å². The molecule has 0 aliphatic heterocycles. The van der Waals surface area contributed by atoms with E-state index in [1.807, 2.05) is 0 Å². The highest BCUT2D eigenvalue weighted by Crippen LogP contribution is 2.21. The number of carbonyl (C=O) groups is 4. The first-order valence-electron chi connectivity index (χ1n) is 8.72. The van der Waals surface area contributed by atoms with Crippen LogP contribution in [-0.4, -0.2) is 35.8 Å². The van der Waals surface area contributed by atoms with Gasteiger partial charge in [0.2, 0.25) is 11.8 Å². The molecule has 148 valence electrons. The number of nitrogens with one attached hydrogen (secondary N) is 3. The van der Waals surface area contributed by atoms with E-state index in [4.69, 9.17) is 4.74 Å². The molecule has 3 N–H and O–H groups in total. The van der Waals surface area contributed by atoms with E-state index in [0.29, 0.717) is 11.4 Å². The van der Waals surface area contributed by atoms with Gasteiger partial charge in [-0.05, 0) is 39.8 Å². The minimum atomic E-state index is -0.605. The molecule has 27 heavy (non-hydrogen) atoms. The van der Waals surface area contributed by atoms with E-state index < -0.39 is 11.7 Å². The smallest absolute Gasteiger partial charge is 0.407 e. The van der Waals surface area contributed by atoms with Crippen LogP contribution >= 0.6 is 0 Å². The van der Waals surface area contributed by atoms with E-state index in [0.717, 1.165) is 0 Å². The molecule has 0 radical (unpaired) electrons. The predicted molar refractivity (Wildman–Crippen MR) is 102 cm³/mol. The van der Waals surface area contributed by atoms with Gasteiger partial charge >= 0.3 is 6.09 Å². The summed E-state index contributed by atoms with van der Waals surface area (Å²) < 4.78 is 5.09. The number of para-hydroxylation sites is 2. The number of hydrogen-bond donors (Lipinski definition) is 3. The summed E-state index contributed by atoms with van der Waals surface area (Å²) in [6.45, 7) is 6.80. The fourth-order valence-electron chi connectivity index (χ4n) is 2.01. The fraction of sp³-hybridized carbons (Fsp3) is 0.474. The molecule has 0 aliphatic carbocycles. The number of carbonyl (C=O) groups excluding carboxylic acids is 4. The number of ether oxygens (including phenoxy) is 1. The number of amides is 3. The standard InChI is InChI=1S/C19H27N3O5/c1-13(23)9-10-16(24)21-14-7-5-6-8-15(14)22-17(25)11-12-20-18(26)27-19(2,3)4/h5-8H,9-12H2,1-4H3,(H,20,26)(H,21,24)(H,22,25). The van der Waals surface area contributed by atoms with Crippen LogP contribution in [0.15, 0.2) is 24.3 Å². The van der Waals surface area contributed by atoms with Crippen LogP contribution in [0.4, 0.5) is 16.2 Å². The second-order valence-corrected chi connectivity index (χ2v) is 7.02. The molecular weight excluding hydrogens is 350 g/mol. The van der Waals surface area contributed by atoms with Crippen LogP contribution < -0.4 is 16.0 Å². The third kappa shape index (κ3) is 9.98. The van der Waals surface area contributed by atoms with Gasteiger partial charge in [-0.25, -0.2) is 4.79 Å². The lowest BCUT2D eigenvalue weighted by molar-refractivity contribution is -0.121. The zero-order chi connectivity index (χ0) is 20.4. The van der Waals surface area contributed by atoms with Gasteiger partial charge < -0.3 is 25.5 Å². The highest BCUT2D eigenvalue weighted by atomic mass is 16.6. The molecule has 0 saturated heterocycles. The number of rotatable bonds is 8. The SMILES string of the molecule is CC(=O)CCC(=O)Nc1ccccc1NC(=O)CCNC(=O)OC(C)(C)C. The second kappa shape index (κ2) is 10.3. The van der Waals surface area contributed by atoms with Gasteiger partial charge in [0.25, 0.3) is 0 Å². The summed E-state index contributed by atoms with van der Waals surface area (Å²) in [7, 11) is 0. The molecule has 0 bridgehead atoms. The Kier molecular flexibility index (Phi) is 8.44. The number of ketones is 1. The summed E-state index contributed by atoms with van der Waals surface area (Å²) in [6.07, 6.45) is -0.298. The summed E-state index contributed by atoms with van der Waals surface area (Å²) in [5.41, 5.74) is 0.279. The Morgan fingerprint density at radius 2 is 1.41 bits per heavy atom. The molecule has 0 unspecified atom stereocenters. The first-order chi connectivity index (χ1) is 12.6. The normalized spacial score (nSPS) is 10.7. The Hall–Kier alpha value is -2.90. The van der Waals surface area contributed by atoms with Crippen LogP contribution in [0.3, 0.4) is 0 Å². The van der Waals surface area contributed by atoms with Crippen molar-refractivity contribution in [1.82, 2.24) is 5.32 Å². The van der Waals surface area contributed by atoms with Crippen molar-refractivity contribution in [1.29, 1.82) is 0 Å². The molecule has 1 aromatic carbocycles. The van der Waals surface area contributed by atoms with Crippen LogP contribution in [0, 0.1) is 0 Å². The van der Waals surface area contributed by atoms with E-state index in [9.17, 15) is 19.2 Å². The molecule has 0 spiro atoms. The number of Topliss-reactive ketones (excluding diaryl/α,β-unsaturated/α-hetero) is 1. The maximum Gasteiger partial charge on any atom is 0.407 e. The molecule has 8 nitrogen and oxygen atoms in total. The predicted octanol–water partition coefficient (Wildman–Crippen LogP) is 2.85. The number of benzene rings is 1. The monoisotopic (exact) mass is 377 g/mol.